The van der Waals surface area contributed by atoms with Crippen molar-refractivity contribution in [2.75, 3.05) is 5.75 Å². The van der Waals surface area contributed by atoms with Crippen LogP contribution in [0.3, 0.4) is 0 Å². The number of fused-ring (bicyclic) bond motifs is 3. The summed E-state index contributed by atoms with van der Waals surface area (Å²) in [6, 6.07) is 14.9. The van der Waals surface area contributed by atoms with Gasteiger partial charge in [-0.15, -0.1) is 5.10 Å². The zero-order valence-electron chi connectivity index (χ0n) is 17.3. The van der Waals surface area contributed by atoms with E-state index in [2.05, 4.69) is 9.67 Å². The molecule has 2 aromatic rings. The molecule has 0 atom stereocenters. The summed E-state index contributed by atoms with van der Waals surface area (Å²) in [6.07, 6.45) is 3.83. The minimum Gasteiger partial charge on any atom is -0.324 e. The fourth-order valence-electron chi connectivity index (χ4n) is 4.06. The Bertz CT molecular complexity index is 1300. The highest BCUT2D eigenvalue weighted by molar-refractivity contribution is 7.99. The molecule has 3 aliphatic heterocycles. The molecule has 0 N–H and O–H groups in total. The van der Waals surface area contributed by atoms with Crippen LogP contribution in [0.4, 0.5) is 4.39 Å². The molecule has 0 aromatic heterocycles. The number of halogens is 1. The predicted octanol–water partition coefficient (Wildman–Crippen LogP) is 4.37. The largest absolute Gasteiger partial charge is 0.324 e. The second kappa shape index (κ2) is 8.70. The van der Waals surface area contributed by atoms with Crippen molar-refractivity contribution in [3.8, 4) is 17.1 Å². The molecule has 6 nitrogen and oxygen atoms in total. The monoisotopic (exact) mass is 448 g/mol. The minimum absolute atomic E-state index is 0.0980. The average Bonchev–Trinajstić information content (AvgIpc) is 2.98. The van der Waals surface area contributed by atoms with Gasteiger partial charge >= 0.3 is 0 Å². The van der Waals surface area contributed by atoms with Crippen LogP contribution >= 0.6 is 11.8 Å². The van der Waals surface area contributed by atoms with Gasteiger partial charge in [0.05, 0.1) is 11.4 Å². The number of hydrogen-bond donors (Lipinski definition) is 0. The van der Waals surface area contributed by atoms with E-state index in [0.717, 1.165) is 37.9 Å². The second-order valence-electron chi connectivity index (χ2n) is 7.77. The molecule has 8 heteroatoms. The molecule has 3 heterocycles. The molecule has 0 fully saturated rings. The van der Waals surface area contributed by atoms with Crippen molar-refractivity contribution in [1.29, 1.82) is 0 Å². The standard InChI is InChI=1S/C24H21FN4O2S/c25-17-12-10-16(11-13-17)20(30)15-32-24-26-22-21(19-9-5-2-6-14-28(19)24)23(31)29(27-22)18-7-3-1-4-8-18/h1,3-4,7-8,10-13H,2,5-6,9,14-15H2. The molecular formula is C24H21FN4O2S. The summed E-state index contributed by atoms with van der Waals surface area (Å²) >= 11 is 1.33. The molecule has 5 rings (SSSR count). The maximum atomic E-state index is 13.3. The number of benzene rings is 2. The Balaban J connectivity index is 1.55. The van der Waals surface area contributed by atoms with Gasteiger partial charge in [0.25, 0.3) is 5.56 Å². The smallest absolute Gasteiger partial charge is 0.284 e. The summed E-state index contributed by atoms with van der Waals surface area (Å²) in [7, 11) is 0. The first-order valence-corrected chi connectivity index (χ1v) is 11.6. The first-order valence-electron chi connectivity index (χ1n) is 10.6. The van der Waals surface area contributed by atoms with Gasteiger partial charge in [0.2, 0.25) is 0 Å². The van der Waals surface area contributed by atoms with Crippen LogP contribution in [-0.2, 0) is 13.0 Å². The van der Waals surface area contributed by atoms with Gasteiger partial charge < -0.3 is 4.57 Å². The summed E-state index contributed by atoms with van der Waals surface area (Å²) in [5, 5.41) is 5.20. The number of thioether (sulfide) groups is 1. The number of aromatic nitrogens is 4. The Kier molecular flexibility index (Phi) is 5.61. The zero-order chi connectivity index (χ0) is 22.1. The van der Waals surface area contributed by atoms with E-state index in [9.17, 15) is 14.0 Å². The van der Waals surface area contributed by atoms with Crippen LogP contribution in [0.15, 0.2) is 64.5 Å². The van der Waals surface area contributed by atoms with Crippen molar-refractivity contribution in [3.05, 3.63) is 82.0 Å². The van der Waals surface area contributed by atoms with Crippen molar-refractivity contribution in [1.82, 2.24) is 19.3 Å². The SMILES string of the molecule is O=C(CSc1nc2nn(-c3ccccc3)c(=O)c-2c2n1CCCCC2)c1ccc(F)cc1. The molecule has 162 valence electrons. The van der Waals surface area contributed by atoms with E-state index in [1.54, 1.807) is 0 Å². The molecule has 0 saturated carbocycles. The van der Waals surface area contributed by atoms with E-state index in [4.69, 9.17) is 4.98 Å². The number of carbonyl (C=O) groups excluding carboxylic acids is 1. The number of nitrogens with zero attached hydrogens (tertiary/aromatic N) is 4. The van der Waals surface area contributed by atoms with Crippen LogP contribution in [0.2, 0.25) is 0 Å². The van der Waals surface area contributed by atoms with Crippen LogP contribution in [0.25, 0.3) is 17.1 Å². The molecule has 0 unspecified atom stereocenters. The number of carbonyl (C=O) groups is 1. The van der Waals surface area contributed by atoms with Crippen molar-refractivity contribution >= 4 is 17.5 Å². The Labute approximate surface area is 188 Å². The van der Waals surface area contributed by atoms with E-state index in [1.165, 1.54) is 40.7 Å². The molecule has 0 aliphatic carbocycles. The van der Waals surface area contributed by atoms with Crippen molar-refractivity contribution in [2.45, 2.75) is 37.4 Å². The summed E-state index contributed by atoms with van der Waals surface area (Å²) < 4.78 is 16.7. The summed E-state index contributed by atoms with van der Waals surface area (Å²) in [4.78, 5) is 30.6. The summed E-state index contributed by atoms with van der Waals surface area (Å²) in [5.74, 6) is 0.111. The number of Topliss-reactive ketones (excluding diaryl/α,β-unsaturated/α-hetero) is 1. The van der Waals surface area contributed by atoms with E-state index in [0.29, 0.717) is 27.8 Å². The van der Waals surface area contributed by atoms with Gasteiger partial charge in [0.15, 0.2) is 16.8 Å². The first kappa shape index (κ1) is 20.6. The van der Waals surface area contributed by atoms with Gasteiger partial charge in [-0.3, -0.25) is 9.59 Å². The van der Waals surface area contributed by atoms with Crippen LogP contribution in [0, 0.1) is 5.82 Å². The summed E-state index contributed by atoms with van der Waals surface area (Å²) in [6.45, 7) is 0.751. The van der Waals surface area contributed by atoms with Gasteiger partial charge in [0.1, 0.15) is 11.4 Å². The Morgan fingerprint density at radius 2 is 1.81 bits per heavy atom. The number of para-hydroxylation sites is 1. The van der Waals surface area contributed by atoms with E-state index in [-0.39, 0.29) is 22.9 Å². The topological polar surface area (TPSA) is 69.8 Å². The van der Waals surface area contributed by atoms with E-state index < -0.39 is 0 Å². The van der Waals surface area contributed by atoms with Crippen molar-refractivity contribution in [2.24, 2.45) is 0 Å². The molecule has 3 aliphatic rings. The molecule has 0 bridgehead atoms. The Morgan fingerprint density at radius 3 is 2.59 bits per heavy atom. The first-order chi connectivity index (χ1) is 15.6. The molecular weight excluding hydrogens is 427 g/mol. The molecule has 0 radical (unpaired) electrons. The van der Waals surface area contributed by atoms with Crippen LogP contribution in [-0.4, -0.2) is 30.9 Å². The highest BCUT2D eigenvalue weighted by Crippen LogP contribution is 2.30. The minimum atomic E-state index is -0.371. The third kappa shape index (κ3) is 3.86. The third-order valence-corrected chi connectivity index (χ3v) is 6.64. The van der Waals surface area contributed by atoms with Crippen LogP contribution in [0.5, 0.6) is 0 Å². The fraction of sp³-hybridized carbons (Fsp3) is 0.250. The van der Waals surface area contributed by atoms with Gasteiger partial charge in [-0.25, -0.2) is 9.37 Å². The molecule has 0 saturated heterocycles. The predicted molar refractivity (Wildman–Crippen MR) is 121 cm³/mol. The highest BCUT2D eigenvalue weighted by Gasteiger charge is 2.27. The van der Waals surface area contributed by atoms with Crippen molar-refractivity contribution < 1.29 is 9.18 Å². The van der Waals surface area contributed by atoms with Gasteiger partial charge in [-0.05, 0) is 55.7 Å². The van der Waals surface area contributed by atoms with Crippen molar-refractivity contribution in [3.63, 3.8) is 0 Å². The second-order valence-corrected chi connectivity index (χ2v) is 8.72. The Hall–Kier alpha value is -3.26. The third-order valence-electron chi connectivity index (χ3n) is 5.67. The lowest BCUT2D eigenvalue weighted by molar-refractivity contribution is 0.102. The average molecular weight is 449 g/mol. The normalized spacial score (nSPS) is 13.7. The van der Waals surface area contributed by atoms with Gasteiger partial charge in [-0.1, -0.05) is 36.4 Å². The van der Waals surface area contributed by atoms with Gasteiger partial charge in [-0.2, -0.15) is 4.68 Å². The molecule has 0 amide bonds. The van der Waals surface area contributed by atoms with Gasteiger partial charge in [0, 0.05) is 17.8 Å². The maximum Gasteiger partial charge on any atom is 0.284 e. The number of ketones is 1. The van der Waals surface area contributed by atoms with E-state index in [1.807, 2.05) is 30.3 Å². The van der Waals surface area contributed by atoms with E-state index >= 15 is 0 Å². The molecule has 2 aromatic carbocycles. The zero-order valence-corrected chi connectivity index (χ0v) is 18.1. The quantitative estimate of drug-likeness (QED) is 0.258. The number of hydrogen-bond acceptors (Lipinski definition) is 5. The lowest BCUT2D eigenvalue weighted by atomic mass is 10.1. The Morgan fingerprint density at radius 1 is 1.03 bits per heavy atom. The highest BCUT2D eigenvalue weighted by atomic mass is 32.2. The van der Waals surface area contributed by atoms with Crippen LogP contribution in [0.1, 0.15) is 35.3 Å². The number of rotatable bonds is 5. The lowest BCUT2D eigenvalue weighted by Crippen LogP contribution is -2.19. The molecule has 32 heavy (non-hydrogen) atoms. The van der Waals surface area contributed by atoms with Crippen LogP contribution < -0.4 is 5.56 Å². The maximum absolute atomic E-state index is 13.3. The molecule has 0 spiro atoms. The summed E-state index contributed by atoms with van der Waals surface area (Å²) in [5.41, 5.74) is 2.50. The fourth-order valence-corrected chi connectivity index (χ4v) is 4.99. The lowest BCUT2D eigenvalue weighted by Gasteiger charge is -2.17.